The van der Waals surface area contributed by atoms with E-state index in [0.717, 1.165) is 4.47 Å². The number of carbonyl (C=O) groups excluding carboxylic acids is 2. The van der Waals surface area contributed by atoms with Gasteiger partial charge in [0.25, 0.3) is 11.8 Å². The lowest BCUT2D eigenvalue weighted by atomic mass is 10.2. The van der Waals surface area contributed by atoms with Crippen molar-refractivity contribution in [2.75, 3.05) is 19.0 Å². The second-order valence-corrected chi connectivity index (χ2v) is 7.35. The number of benzene rings is 2. The highest BCUT2D eigenvalue weighted by Crippen LogP contribution is 2.29. The van der Waals surface area contributed by atoms with Crippen LogP contribution in [0.15, 0.2) is 51.5 Å². The molecule has 1 amide bonds. The highest BCUT2D eigenvalue weighted by molar-refractivity contribution is 9.10. The van der Waals surface area contributed by atoms with Crippen LogP contribution in [0.2, 0.25) is 0 Å². The summed E-state index contributed by atoms with van der Waals surface area (Å²) in [7, 11) is 1.43. The topological polar surface area (TPSA) is 113 Å². The average molecular weight is 490 g/mol. The molecule has 1 aromatic heterocycles. The van der Waals surface area contributed by atoms with Crippen molar-refractivity contribution in [3.8, 4) is 11.5 Å². The summed E-state index contributed by atoms with van der Waals surface area (Å²) in [5.41, 5.74) is 0.888. The number of ether oxygens (including phenoxy) is 3. The van der Waals surface area contributed by atoms with Crippen LogP contribution in [0.5, 0.6) is 11.5 Å². The molecule has 10 heteroatoms. The predicted molar refractivity (Wildman–Crippen MR) is 114 cm³/mol. The smallest absolute Gasteiger partial charge is 0.339 e. The number of methoxy groups -OCH3 is 1. The fraction of sp³-hybridized carbons (Fsp3) is 0.238. The third-order valence-corrected chi connectivity index (χ3v) is 4.59. The van der Waals surface area contributed by atoms with Gasteiger partial charge in [-0.05, 0) is 56.3 Å². The minimum atomic E-state index is -0.710. The Morgan fingerprint density at radius 3 is 2.55 bits per heavy atom. The summed E-state index contributed by atoms with van der Waals surface area (Å²) < 4.78 is 22.1. The molecule has 2 aromatic carbocycles. The largest absolute Gasteiger partial charge is 0.493 e. The zero-order chi connectivity index (χ0) is 22.4. The van der Waals surface area contributed by atoms with E-state index in [4.69, 9.17) is 18.7 Å². The number of hydrogen-bond donors (Lipinski definition) is 1. The molecule has 162 valence electrons. The van der Waals surface area contributed by atoms with Gasteiger partial charge in [-0.25, -0.2) is 4.79 Å². The van der Waals surface area contributed by atoms with Crippen molar-refractivity contribution in [2.45, 2.75) is 20.0 Å². The number of carbonyl (C=O) groups is 2. The monoisotopic (exact) mass is 489 g/mol. The van der Waals surface area contributed by atoms with Crippen LogP contribution in [0.4, 0.5) is 5.69 Å². The number of esters is 1. The zero-order valence-electron chi connectivity index (χ0n) is 17.0. The minimum Gasteiger partial charge on any atom is -0.493 e. The molecule has 0 aliphatic heterocycles. The summed E-state index contributed by atoms with van der Waals surface area (Å²) in [6.45, 7) is 3.07. The fourth-order valence-corrected chi connectivity index (χ4v) is 2.81. The molecule has 3 aromatic rings. The summed E-state index contributed by atoms with van der Waals surface area (Å²) in [6.07, 6.45) is -0.710. The summed E-state index contributed by atoms with van der Waals surface area (Å²) in [6, 6.07) is 11.7. The molecule has 0 aliphatic carbocycles. The maximum atomic E-state index is 12.4. The molecule has 1 atom stereocenters. The minimum absolute atomic E-state index is 0.203. The van der Waals surface area contributed by atoms with E-state index in [1.807, 2.05) is 12.1 Å². The quantitative estimate of drug-likeness (QED) is 0.470. The SMILES string of the molecule is COc1cc(C(=O)OC(C)c2nc(C)no2)ccc1OCC(=O)Nc1ccc(Br)cc1. The van der Waals surface area contributed by atoms with E-state index < -0.39 is 12.1 Å². The molecule has 0 bridgehead atoms. The molecule has 1 N–H and O–H groups in total. The van der Waals surface area contributed by atoms with Gasteiger partial charge in [0.15, 0.2) is 30.0 Å². The van der Waals surface area contributed by atoms with Gasteiger partial charge in [0.2, 0.25) is 0 Å². The van der Waals surface area contributed by atoms with Crippen LogP contribution in [0, 0.1) is 6.92 Å². The van der Waals surface area contributed by atoms with E-state index in [9.17, 15) is 9.59 Å². The van der Waals surface area contributed by atoms with Crippen LogP contribution in [-0.2, 0) is 9.53 Å². The maximum absolute atomic E-state index is 12.4. The van der Waals surface area contributed by atoms with E-state index in [1.165, 1.54) is 25.3 Å². The molecule has 0 saturated carbocycles. The lowest BCUT2D eigenvalue weighted by molar-refractivity contribution is -0.118. The molecule has 0 aliphatic rings. The Labute approximate surface area is 186 Å². The van der Waals surface area contributed by atoms with Crippen molar-refractivity contribution in [3.05, 3.63) is 64.2 Å². The third kappa shape index (κ3) is 6.05. The molecule has 3 rings (SSSR count). The third-order valence-electron chi connectivity index (χ3n) is 4.06. The number of rotatable bonds is 8. The van der Waals surface area contributed by atoms with Gasteiger partial charge in [0.1, 0.15) is 0 Å². The Morgan fingerprint density at radius 1 is 1.16 bits per heavy atom. The highest BCUT2D eigenvalue weighted by atomic mass is 79.9. The van der Waals surface area contributed by atoms with Crippen LogP contribution < -0.4 is 14.8 Å². The molecular weight excluding hydrogens is 470 g/mol. The molecule has 1 heterocycles. The van der Waals surface area contributed by atoms with Crippen molar-refractivity contribution in [2.24, 2.45) is 0 Å². The van der Waals surface area contributed by atoms with Crippen LogP contribution in [-0.4, -0.2) is 35.7 Å². The van der Waals surface area contributed by atoms with Crippen LogP contribution in [0.3, 0.4) is 0 Å². The summed E-state index contributed by atoms with van der Waals surface area (Å²) in [5, 5.41) is 6.40. The van der Waals surface area contributed by atoms with Crippen molar-refractivity contribution in [1.82, 2.24) is 10.1 Å². The van der Waals surface area contributed by atoms with E-state index in [0.29, 0.717) is 17.3 Å². The number of nitrogens with zero attached hydrogens (tertiary/aromatic N) is 2. The number of hydrogen-bond acceptors (Lipinski definition) is 8. The maximum Gasteiger partial charge on any atom is 0.339 e. The van der Waals surface area contributed by atoms with Crippen molar-refractivity contribution in [1.29, 1.82) is 0 Å². The lowest BCUT2D eigenvalue weighted by Crippen LogP contribution is -2.20. The molecule has 0 radical (unpaired) electrons. The lowest BCUT2D eigenvalue weighted by Gasteiger charge is -2.13. The summed E-state index contributed by atoms with van der Waals surface area (Å²) in [5.74, 6) is 0.315. The molecule has 31 heavy (non-hydrogen) atoms. The van der Waals surface area contributed by atoms with Gasteiger partial charge >= 0.3 is 5.97 Å². The molecular formula is C21H20BrN3O6. The zero-order valence-corrected chi connectivity index (χ0v) is 18.6. The second kappa shape index (κ2) is 10.1. The number of anilines is 1. The van der Waals surface area contributed by atoms with Gasteiger partial charge in [-0.3, -0.25) is 4.79 Å². The first-order valence-corrected chi connectivity index (χ1v) is 10.0. The normalized spacial score (nSPS) is 11.5. The van der Waals surface area contributed by atoms with Crippen LogP contribution in [0.1, 0.15) is 35.1 Å². The second-order valence-electron chi connectivity index (χ2n) is 6.44. The van der Waals surface area contributed by atoms with Gasteiger partial charge in [-0.1, -0.05) is 21.1 Å². The molecule has 1 unspecified atom stereocenters. The van der Waals surface area contributed by atoms with E-state index in [1.54, 1.807) is 26.0 Å². The Hall–Kier alpha value is -3.40. The molecule has 0 fully saturated rings. The van der Waals surface area contributed by atoms with E-state index in [-0.39, 0.29) is 29.7 Å². The van der Waals surface area contributed by atoms with Crippen molar-refractivity contribution in [3.63, 3.8) is 0 Å². The number of nitrogens with one attached hydrogen (secondary N) is 1. The fourth-order valence-electron chi connectivity index (χ4n) is 2.54. The molecule has 9 nitrogen and oxygen atoms in total. The van der Waals surface area contributed by atoms with Gasteiger partial charge in [-0.15, -0.1) is 0 Å². The van der Waals surface area contributed by atoms with Gasteiger partial charge in [0.05, 0.1) is 12.7 Å². The molecule has 0 spiro atoms. The first-order chi connectivity index (χ1) is 14.9. The number of aryl methyl sites for hydroxylation is 1. The summed E-state index contributed by atoms with van der Waals surface area (Å²) >= 11 is 3.34. The van der Waals surface area contributed by atoms with E-state index >= 15 is 0 Å². The van der Waals surface area contributed by atoms with Crippen molar-refractivity contribution < 1.29 is 28.3 Å². The number of aromatic nitrogens is 2. The highest BCUT2D eigenvalue weighted by Gasteiger charge is 2.20. The van der Waals surface area contributed by atoms with Gasteiger partial charge < -0.3 is 24.1 Å². The Kier molecular flexibility index (Phi) is 7.24. The Morgan fingerprint density at radius 2 is 1.90 bits per heavy atom. The van der Waals surface area contributed by atoms with Gasteiger partial charge in [-0.2, -0.15) is 4.98 Å². The van der Waals surface area contributed by atoms with E-state index in [2.05, 4.69) is 31.4 Å². The Balaban J connectivity index is 1.60. The van der Waals surface area contributed by atoms with Crippen LogP contribution in [0.25, 0.3) is 0 Å². The van der Waals surface area contributed by atoms with Crippen LogP contribution >= 0.6 is 15.9 Å². The predicted octanol–water partition coefficient (Wildman–Crippen LogP) is 4.08. The average Bonchev–Trinajstić information content (AvgIpc) is 3.20. The first kappa shape index (κ1) is 22.3. The molecule has 0 saturated heterocycles. The Bertz CT molecular complexity index is 1070. The standard InChI is InChI=1S/C21H20BrN3O6/c1-12(20-23-13(2)25-31-20)30-21(27)14-4-9-17(18(10-14)28-3)29-11-19(26)24-16-7-5-15(22)6-8-16/h4-10,12H,11H2,1-3H3,(H,24,26). The number of amides is 1. The first-order valence-electron chi connectivity index (χ1n) is 9.23. The van der Waals surface area contributed by atoms with Gasteiger partial charge in [0, 0.05) is 10.2 Å². The summed E-state index contributed by atoms with van der Waals surface area (Å²) in [4.78, 5) is 28.6. The van der Waals surface area contributed by atoms with Crippen molar-refractivity contribution >= 4 is 33.5 Å². The number of halogens is 1.